The lowest BCUT2D eigenvalue weighted by molar-refractivity contribution is -0.243. The summed E-state index contributed by atoms with van der Waals surface area (Å²) >= 11 is 0. The SMILES string of the molecule is CS(=O)(=O)O[C@H]1[C@@H](O)[C@H](O)CO[C@@H]1O. The van der Waals surface area contributed by atoms with E-state index in [0.29, 0.717) is 0 Å². The summed E-state index contributed by atoms with van der Waals surface area (Å²) in [6.07, 6.45) is -5.05. The van der Waals surface area contributed by atoms with Crippen LogP contribution in [0.3, 0.4) is 0 Å². The zero-order valence-corrected chi connectivity index (χ0v) is 8.22. The summed E-state index contributed by atoms with van der Waals surface area (Å²) in [4.78, 5) is 0. The van der Waals surface area contributed by atoms with Crippen molar-refractivity contribution in [1.29, 1.82) is 0 Å². The van der Waals surface area contributed by atoms with Crippen LogP contribution in [0.15, 0.2) is 0 Å². The zero-order chi connectivity index (χ0) is 10.9. The van der Waals surface area contributed by atoms with Crippen LogP contribution in [0.4, 0.5) is 0 Å². The molecule has 1 aliphatic heterocycles. The molecule has 0 aromatic carbocycles. The monoisotopic (exact) mass is 228 g/mol. The minimum atomic E-state index is -3.82. The third-order valence-corrected chi connectivity index (χ3v) is 2.31. The summed E-state index contributed by atoms with van der Waals surface area (Å²) in [6, 6.07) is 0. The topological polar surface area (TPSA) is 113 Å². The van der Waals surface area contributed by atoms with E-state index in [9.17, 15) is 13.5 Å². The Labute approximate surface area is 81.0 Å². The Balaban J connectivity index is 2.73. The summed E-state index contributed by atoms with van der Waals surface area (Å²) in [5.74, 6) is 0. The Morgan fingerprint density at radius 3 is 2.43 bits per heavy atom. The van der Waals surface area contributed by atoms with E-state index in [1.807, 2.05) is 0 Å². The second-order valence-corrected chi connectivity index (χ2v) is 4.65. The Hall–Kier alpha value is -0.250. The molecule has 0 aromatic heterocycles. The van der Waals surface area contributed by atoms with E-state index in [2.05, 4.69) is 8.92 Å². The molecule has 1 fully saturated rings. The van der Waals surface area contributed by atoms with Gasteiger partial charge in [-0.25, -0.2) is 0 Å². The maximum Gasteiger partial charge on any atom is 0.264 e. The highest BCUT2D eigenvalue weighted by atomic mass is 32.2. The number of rotatable bonds is 2. The van der Waals surface area contributed by atoms with Gasteiger partial charge >= 0.3 is 0 Å². The first-order valence-electron chi connectivity index (χ1n) is 3.85. The minimum absolute atomic E-state index is 0.272. The summed E-state index contributed by atoms with van der Waals surface area (Å²) in [5.41, 5.74) is 0. The molecule has 0 radical (unpaired) electrons. The highest BCUT2D eigenvalue weighted by molar-refractivity contribution is 7.86. The van der Waals surface area contributed by atoms with Crippen molar-refractivity contribution in [2.45, 2.75) is 24.6 Å². The second-order valence-electron chi connectivity index (χ2n) is 3.05. The highest BCUT2D eigenvalue weighted by Crippen LogP contribution is 2.18. The molecular weight excluding hydrogens is 216 g/mol. The van der Waals surface area contributed by atoms with Crippen LogP contribution in [0.1, 0.15) is 0 Å². The molecule has 0 spiro atoms. The second kappa shape index (κ2) is 4.09. The average Bonchev–Trinajstić information content (AvgIpc) is 2.04. The van der Waals surface area contributed by atoms with Crippen molar-refractivity contribution in [2.75, 3.05) is 12.9 Å². The van der Waals surface area contributed by atoms with Gasteiger partial charge in [0.15, 0.2) is 12.4 Å². The first kappa shape index (κ1) is 11.8. The molecule has 0 unspecified atom stereocenters. The van der Waals surface area contributed by atoms with Gasteiger partial charge in [0.05, 0.1) is 12.9 Å². The van der Waals surface area contributed by atoms with E-state index in [-0.39, 0.29) is 6.61 Å². The Bertz CT molecular complexity index is 287. The molecule has 8 heteroatoms. The molecule has 0 aliphatic carbocycles. The number of aliphatic hydroxyl groups excluding tert-OH is 3. The van der Waals surface area contributed by atoms with Crippen LogP contribution >= 0.6 is 0 Å². The van der Waals surface area contributed by atoms with Crippen LogP contribution in [0, 0.1) is 0 Å². The average molecular weight is 228 g/mol. The fourth-order valence-electron chi connectivity index (χ4n) is 1.08. The standard InChI is InChI=1S/C6H12O7S/c1-14(10,11)13-5-4(8)3(7)2-12-6(5)9/h3-9H,2H2,1H3/t3-,4+,5+,6+/m1/s1. The number of aliphatic hydroxyl groups is 3. The third-order valence-electron chi connectivity index (χ3n) is 1.74. The van der Waals surface area contributed by atoms with Crippen LogP contribution in [0.2, 0.25) is 0 Å². The van der Waals surface area contributed by atoms with E-state index in [0.717, 1.165) is 6.26 Å². The predicted molar refractivity (Wildman–Crippen MR) is 43.7 cm³/mol. The van der Waals surface area contributed by atoms with Crippen molar-refractivity contribution in [1.82, 2.24) is 0 Å². The molecule has 3 N–H and O–H groups in total. The van der Waals surface area contributed by atoms with Crippen LogP contribution in [0.5, 0.6) is 0 Å². The van der Waals surface area contributed by atoms with Crippen molar-refractivity contribution in [2.24, 2.45) is 0 Å². The van der Waals surface area contributed by atoms with Gasteiger partial charge in [0.2, 0.25) is 0 Å². The molecule has 1 aliphatic rings. The van der Waals surface area contributed by atoms with Crippen molar-refractivity contribution < 1.29 is 32.7 Å². The molecule has 0 aromatic rings. The number of hydrogen-bond donors (Lipinski definition) is 3. The summed E-state index contributed by atoms with van der Waals surface area (Å²) in [6.45, 7) is -0.272. The first-order valence-corrected chi connectivity index (χ1v) is 5.67. The molecule has 1 heterocycles. The van der Waals surface area contributed by atoms with E-state index in [1.165, 1.54) is 0 Å². The van der Waals surface area contributed by atoms with E-state index in [1.54, 1.807) is 0 Å². The van der Waals surface area contributed by atoms with E-state index in [4.69, 9.17) is 10.2 Å². The lowest BCUT2D eigenvalue weighted by Crippen LogP contribution is -2.54. The Morgan fingerprint density at radius 1 is 1.36 bits per heavy atom. The number of hydrogen-bond acceptors (Lipinski definition) is 7. The highest BCUT2D eigenvalue weighted by Gasteiger charge is 2.40. The van der Waals surface area contributed by atoms with Crippen molar-refractivity contribution in [3.8, 4) is 0 Å². The zero-order valence-electron chi connectivity index (χ0n) is 7.40. The molecule has 84 valence electrons. The first-order chi connectivity index (χ1) is 6.31. The lowest BCUT2D eigenvalue weighted by atomic mass is 10.1. The van der Waals surface area contributed by atoms with Gasteiger partial charge in [-0.1, -0.05) is 0 Å². The molecular formula is C6H12O7S. The summed E-state index contributed by atoms with van der Waals surface area (Å²) in [5, 5.41) is 27.5. The molecule has 0 bridgehead atoms. The Kier molecular flexibility index (Phi) is 3.45. The Morgan fingerprint density at radius 2 is 1.93 bits per heavy atom. The smallest absolute Gasteiger partial charge is 0.264 e. The van der Waals surface area contributed by atoms with Crippen LogP contribution in [0.25, 0.3) is 0 Å². The van der Waals surface area contributed by atoms with Crippen LogP contribution in [-0.4, -0.2) is 61.2 Å². The van der Waals surface area contributed by atoms with Gasteiger partial charge in [0.25, 0.3) is 10.1 Å². The summed E-state index contributed by atoms with van der Waals surface area (Å²) < 4.78 is 30.4. The molecule has 0 saturated carbocycles. The fourth-order valence-corrected chi connectivity index (χ4v) is 1.70. The van der Waals surface area contributed by atoms with Crippen LogP contribution in [-0.2, 0) is 19.0 Å². The van der Waals surface area contributed by atoms with Crippen molar-refractivity contribution in [3.63, 3.8) is 0 Å². The van der Waals surface area contributed by atoms with Gasteiger partial charge in [-0.05, 0) is 0 Å². The van der Waals surface area contributed by atoms with Gasteiger partial charge in [-0.15, -0.1) is 0 Å². The van der Waals surface area contributed by atoms with Crippen molar-refractivity contribution in [3.05, 3.63) is 0 Å². The number of ether oxygens (including phenoxy) is 1. The van der Waals surface area contributed by atoms with Crippen molar-refractivity contribution >= 4 is 10.1 Å². The summed E-state index contributed by atoms with van der Waals surface area (Å²) in [7, 11) is -3.82. The normalized spacial score (nSPS) is 39.7. The molecule has 14 heavy (non-hydrogen) atoms. The quantitative estimate of drug-likeness (QED) is 0.444. The van der Waals surface area contributed by atoms with Gasteiger partial charge in [-0.3, -0.25) is 4.18 Å². The van der Waals surface area contributed by atoms with Gasteiger partial charge in [0, 0.05) is 0 Å². The molecule has 1 saturated heterocycles. The van der Waals surface area contributed by atoms with Gasteiger partial charge in [-0.2, -0.15) is 8.42 Å². The molecule has 1 rings (SSSR count). The fraction of sp³-hybridized carbons (Fsp3) is 1.00. The largest absolute Gasteiger partial charge is 0.388 e. The maximum atomic E-state index is 10.7. The minimum Gasteiger partial charge on any atom is -0.388 e. The van der Waals surface area contributed by atoms with E-state index >= 15 is 0 Å². The lowest BCUT2D eigenvalue weighted by Gasteiger charge is -2.34. The van der Waals surface area contributed by atoms with Gasteiger partial charge in [0.1, 0.15) is 12.2 Å². The predicted octanol–water partition coefficient (Wildman–Crippen LogP) is -2.60. The maximum absolute atomic E-state index is 10.7. The third kappa shape index (κ3) is 2.87. The molecule has 4 atom stereocenters. The van der Waals surface area contributed by atoms with Gasteiger partial charge < -0.3 is 20.1 Å². The molecule has 0 amide bonds. The van der Waals surface area contributed by atoms with Crippen LogP contribution < -0.4 is 0 Å². The molecule has 7 nitrogen and oxygen atoms in total. The van der Waals surface area contributed by atoms with E-state index < -0.39 is 34.7 Å².